The van der Waals surface area contributed by atoms with Crippen LogP contribution in [-0.4, -0.2) is 10.9 Å². The van der Waals surface area contributed by atoms with Crippen molar-refractivity contribution in [2.75, 3.05) is 0 Å². The van der Waals surface area contributed by atoms with Gasteiger partial charge in [-0.1, -0.05) is 41.9 Å². The highest BCUT2D eigenvalue weighted by molar-refractivity contribution is 6.30. The van der Waals surface area contributed by atoms with Crippen LogP contribution in [0.1, 0.15) is 41.3 Å². The van der Waals surface area contributed by atoms with Gasteiger partial charge in [-0.3, -0.25) is 9.78 Å². The first kappa shape index (κ1) is 18.0. The van der Waals surface area contributed by atoms with E-state index in [1.807, 2.05) is 49.4 Å². The van der Waals surface area contributed by atoms with Gasteiger partial charge in [-0.15, -0.1) is 0 Å². The van der Waals surface area contributed by atoms with Crippen LogP contribution in [0.4, 0.5) is 0 Å². The van der Waals surface area contributed by atoms with Crippen LogP contribution in [0.3, 0.4) is 0 Å². The van der Waals surface area contributed by atoms with Crippen molar-refractivity contribution in [3.63, 3.8) is 0 Å². The zero-order valence-corrected chi connectivity index (χ0v) is 16.4. The lowest BCUT2D eigenvalue weighted by molar-refractivity contribution is -0.121. The Morgan fingerprint density at radius 3 is 2.56 bits per heavy atom. The smallest absolute Gasteiger partial charge is 0.224 e. The van der Waals surface area contributed by atoms with E-state index in [1.54, 1.807) is 0 Å². The molecule has 3 aromatic rings. The number of carbonyl (C=O) groups is 1. The average Bonchev–Trinajstić information content (AvgIpc) is 3.49. The Kier molecular flexibility index (Phi) is 4.88. The minimum Gasteiger partial charge on any atom is -0.349 e. The molecule has 1 aliphatic carbocycles. The maximum atomic E-state index is 12.9. The molecule has 1 aliphatic rings. The molecule has 1 atom stereocenters. The lowest BCUT2D eigenvalue weighted by Crippen LogP contribution is -2.31. The molecule has 0 radical (unpaired) electrons. The molecule has 4 rings (SSSR count). The molecule has 1 unspecified atom stereocenters. The molecule has 3 nitrogen and oxygen atoms in total. The third-order valence-electron chi connectivity index (χ3n) is 5.46. The molecular formula is C23H23ClN2O. The summed E-state index contributed by atoms with van der Waals surface area (Å²) >= 11 is 6.01. The van der Waals surface area contributed by atoms with E-state index in [0.717, 1.165) is 46.1 Å². The van der Waals surface area contributed by atoms with Gasteiger partial charge < -0.3 is 5.32 Å². The minimum absolute atomic E-state index is 0.0464. The standard InChI is InChI=1S/C23H23ClN2O/c1-14-19-5-3-4-6-21(19)25-15(2)20(14)13-22(27)26-23(16-7-8-16)17-9-11-18(24)12-10-17/h3-6,9-12,16,23H,7-8,13H2,1-2H3,(H,26,27). The molecule has 2 aromatic carbocycles. The number of benzene rings is 2. The van der Waals surface area contributed by atoms with Gasteiger partial charge in [0, 0.05) is 16.1 Å². The number of nitrogens with one attached hydrogen (secondary N) is 1. The number of hydrogen-bond acceptors (Lipinski definition) is 2. The van der Waals surface area contributed by atoms with Crippen LogP contribution >= 0.6 is 11.6 Å². The first-order valence-electron chi connectivity index (χ1n) is 9.42. The zero-order chi connectivity index (χ0) is 19.0. The molecule has 1 heterocycles. The van der Waals surface area contributed by atoms with Gasteiger partial charge in [-0.25, -0.2) is 0 Å². The maximum Gasteiger partial charge on any atom is 0.224 e. The summed E-state index contributed by atoms with van der Waals surface area (Å²) in [7, 11) is 0. The van der Waals surface area contributed by atoms with E-state index in [2.05, 4.69) is 23.3 Å². The molecule has 1 amide bonds. The number of rotatable bonds is 5. The summed E-state index contributed by atoms with van der Waals surface area (Å²) in [5.74, 6) is 0.567. The summed E-state index contributed by atoms with van der Waals surface area (Å²) < 4.78 is 0. The molecule has 0 saturated heterocycles. The van der Waals surface area contributed by atoms with Crippen molar-refractivity contribution in [3.8, 4) is 0 Å². The highest BCUT2D eigenvalue weighted by Crippen LogP contribution is 2.41. The van der Waals surface area contributed by atoms with Crippen LogP contribution < -0.4 is 5.32 Å². The second kappa shape index (κ2) is 7.32. The van der Waals surface area contributed by atoms with Gasteiger partial charge in [0.25, 0.3) is 0 Å². The molecule has 138 valence electrons. The van der Waals surface area contributed by atoms with Crippen LogP contribution in [0.2, 0.25) is 5.02 Å². The fourth-order valence-corrected chi connectivity index (χ4v) is 3.91. The van der Waals surface area contributed by atoms with E-state index in [-0.39, 0.29) is 11.9 Å². The molecular weight excluding hydrogens is 356 g/mol. The number of aromatic nitrogens is 1. The van der Waals surface area contributed by atoms with Gasteiger partial charge in [0.2, 0.25) is 5.91 Å². The van der Waals surface area contributed by atoms with Crippen molar-refractivity contribution in [3.05, 3.63) is 75.9 Å². The molecule has 0 spiro atoms. The van der Waals surface area contributed by atoms with Crippen molar-refractivity contribution < 1.29 is 4.79 Å². The first-order valence-corrected chi connectivity index (χ1v) is 9.80. The molecule has 1 N–H and O–H groups in total. The Morgan fingerprint density at radius 2 is 1.85 bits per heavy atom. The van der Waals surface area contributed by atoms with E-state index in [0.29, 0.717) is 17.4 Å². The number of carbonyl (C=O) groups excluding carboxylic acids is 1. The normalized spacial score (nSPS) is 14.9. The van der Waals surface area contributed by atoms with Crippen LogP contribution in [0.25, 0.3) is 10.9 Å². The van der Waals surface area contributed by atoms with E-state index in [1.165, 1.54) is 0 Å². The van der Waals surface area contributed by atoms with Crippen molar-refractivity contribution in [1.29, 1.82) is 0 Å². The van der Waals surface area contributed by atoms with E-state index >= 15 is 0 Å². The van der Waals surface area contributed by atoms with Crippen molar-refractivity contribution in [2.45, 2.75) is 39.2 Å². The molecule has 1 saturated carbocycles. The summed E-state index contributed by atoms with van der Waals surface area (Å²) in [6.45, 7) is 4.07. The highest BCUT2D eigenvalue weighted by atomic mass is 35.5. The lowest BCUT2D eigenvalue weighted by atomic mass is 9.98. The number of hydrogen-bond donors (Lipinski definition) is 1. The summed E-state index contributed by atoms with van der Waals surface area (Å²) in [4.78, 5) is 17.6. The summed E-state index contributed by atoms with van der Waals surface area (Å²) in [5, 5.41) is 5.09. The monoisotopic (exact) mass is 378 g/mol. The summed E-state index contributed by atoms with van der Waals surface area (Å²) in [5.41, 5.74) is 5.20. The van der Waals surface area contributed by atoms with Gasteiger partial charge >= 0.3 is 0 Å². The number of para-hydroxylation sites is 1. The number of fused-ring (bicyclic) bond motifs is 1. The summed E-state index contributed by atoms with van der Waals surface area (Å²) in [6.07, 6.45) is 2.67. The van der Waals surface area contributed by atoms with E-state index in [4.69, 9.17) is 11.6 Å². The van der Waals surface area contributed by atoms with Gasteiger partial charge in [0.15, 0.2) is 0 Å². The fraction of sp³-hybridized carbons (Fsp3) is 0.304. The second-order valence-electron chi connectivity index (χ2n) is 7.43. The van der Waals surface area contributed by atoms with Gasteiger partial charge in [0.05, 0.1) is 18.0 Å². The van der Waals surface area contributed by atoms with Crippen molar-refractivity contribution in [1.82, 2.24) is 10.3 Å². The second-order valence-corrected chi connectivity index (χ2v) is 7.87. The Hall–Kier alpha value is -2.39. The quantitative estimate of drug-likeness (QED) is 0.653. The van der Waals surface area contributed by atoms with Gasteiger partial charge in [-0.05, 0) is 67.5 Å². The minimum atomic E-state index is 0.0464. The maximum absolute atomic E-state index is 12.9. The van der Waals surface area contributed by atoms with E-state index < -0.39 is 0 Å². The third kappa shape index (κ3) is 3.84. The molecule has 27 heavy (non-hydrogen) atoms. The highest BCUT2D eigenvalue weighted by Gasteiger charge is 2.33. The predicted molar refractivity (Wildman–Crippen MR) is 110 cm³/mol. The SMILES string of the molecule is Cc1nc2ccccc2c(C)c1CC(=O)NC(c1ccc(Cl)cc1)C1CC1. The predicted octanol–water partition coefficient (Wildman–Crippen LogP) is 5.32. The van der Waals surface area contributed by atoms with Crippen molar-refractivity contribution >= 4 is 28.4 Å². The Morgan fingerprint density at radius 1 is 1.15 bits per heavy atom. The largest absolute Gasteiger partial charge is 0.349 e. The number of aryl methyl sites for hydroxylation is 2. The molecule has 0 bridgehead atoms. The fourth-order valence-electron chi connectivity index (χ4n) is 3.79. The van der Waals surface area contributed by atoms with Crippen molar-refractivity contribution in [2.24, 2.45) is 5.92 Å². The number of halogens is 1. The van der Waals surface area contributed by atoms with Crippen LogP contribution in [0.15, 0.2) is 48.5 Å². The molecule has 1 aromatic heterocycles. The number of amides is 1. The van der Waals surface area contributed by atoms with Gasteiger partial charge in [-0.2, -0.15) is 0 Å². The lowest BCUT2D eigenvalue weighted by Gasteiger charge is -2.20. The van der Waals surface area contributed by atoms with E-state index in [9.17, 15) is 4.79 Å². The average molecular weight is 379 g/mol. The number of nitrogens with zero attached hydrogens (tertiary/aromatic N) is 1. The van der Waals surface area contributed by atoms with Crippen LogP contribution in [-0.2, 0) is 11.2 Å². The topological polar surface area (TPSA) is 42.0 Å². The first-order chi connectivity index (χ1) is 13.0. The van der Waals surface area contributed by atoms with Gasteiger partial charge in [0.1, 0.15) is 0 Å². The molecule has 1 fully saturated rings. The van der Waals surface area contributed by atoms with Crippen LogP contribution in [0, 0.1) is 19.8 Å². The summed E-state index contributed by atoms with van der Waals surface area (Å²) in [6, 6.07) is 16.0. The number of pyridine rings is 1. The molecule has 0 aliphatic heterocycles. The Balaban J connectivity index is 1.56. The Labute approximate surface area is 164 Å². The zero-order valence-electron chi connectivity index (χ0n) is 15.6. The van der Waals surface area contributed by atoms with Crippen LogP contribution in [0.5, 0.6) is 0 Å². The molecule has 4 heteroatoms. The Bertz CT molecular complexity index is 993. The third-order valence-corrected chi connectivity index (χ3v) is 5.71.